The molecule has 0 radical (unpaired) electrons. The number of nitrogens with one attached hydrogen (secondary N) is 2. The summed E-state index contributed by atoms with van der Waals surface area (Å²) in [5.41, 5.74) is 0.924. The van der Waals surface area contributed by atoms with E-state index in [1.54, 1.807) is 13.0 Å². The minimum atomic E-state index is -5.12. The molecule has 0 aliphatic carbocycles. The molecule has 0 aliphatic heterocycles. The molecular formula is C11H11F3N2O3. The zero-order valence-corrected chi connectivity index (χ0v) is 10.1. The van der Waals surface area contributed by atoms with Crippen LogP contribution in [0.25, 0.3) is 0 Å². The van der Waals surface area contributed by atoms with E-state index in [4.69, 9.17) is 4.74 Å². The summed E-state index contributed by atoms with van der Waals surface area (Å²) >= 11 is 0. The first kappa shape index (κ1) is 14.8. The van der Waals surface area contributed by atoms with Crippen molar-refractivity contribution in [3.05, 3.63) is 23.8 Å². The second kappa shape index (κ2) is 5.59. The molecule has 0 heterocycles. The number of urea groups is 1. The number of hydrogen-bond donors (Lipinski definition) is 2. The van der Waals surface area contributed by atoms with Crippen LogP contribution >= 0.6 is 0 Å². The van der Waals surface area contributed by atoms with Crippen LogP contribution in [-0.4, -0.2) is 25.2 Å². The van der Waals surface area contributed by atoms with Gasteiger partial charge in [0.2, 0.25) is 0 Å². The summed E-state index contributed by atoms with van der Waals surface area (Å²) in [7, 11) is 1.34. The van der Waals surface area contributed by atoms with E-state index in [0.717, 1.165) is 5.56 Å². The van der Waals surface area contributed by atoms with Crippen LogP contribution in [0.15, 0.2) is 18.2 Å². The molecular weight excluding hydrogens is 265 g/mol. The lowest BCUT2D eigenvalue weighted by Crippen LogP contribution is -2.42. The number of benzene rings is 1. The van der Waals surface area contributed by atoms with Gasteiger partial charge in [-0.1, -0.05) is 6.07 Å². The fourth-order valence-corrected chi connectivity index (χ4v) is 1.25. The van der Waals surface area contributed by atoms with Gasteiger partial charge in [-0.2, -0.15) is 13.2 Å². The van der Waals surface area contributed by atoms with Gasteiger partial charge in [-0.25, -0.2) is 4.79 Å². The summed E-state index contributed by atoms with van der Waals surface area (Å²) in [4.78, 5) is 21.8. The Kier molecular flexibility index (Phi) is 4.36. The van der Waals surface area contributed by atoms with Crippen molar-refractivity contribution in [1.29, 1.82) is 0 Å². The Balaban J connectivity index is 2.77. The quantitative estimate of drug-likeness (QED) is 0.870. The highest BCUT2D eigenvalue weighted by molar-refractivity contribution is 6.03. The van der Waals surface area contributed by atoms with Gasteiger partial charge in [0.05, 0.1) is 12.8 Å². The van der Waals surface area contributed by atoms with E-state index in [2.05, 4.69) is 5.32 Å². The summed E-state index contributed by atoms with van der Waals surface area (Å²) < 4.78 is 40.7. The van der Waals surface area contributed by atoms with E-state index in [1.165, 1.54) is 24.6 Å². The molecule has 0 spiro atoms. The number of carbonyl (C=O) groups excluding carboxylic acids is 2. The van der Waals surface area contributed by atoms with Gasteiger partial charge in [0, 0.05) is 0 Å². The van der Waals surface area contributed by atoms with Crippen LogP contribution in [0.4, 0.5) is 23.7 Å². The van der Waals surface area contributed by atoms with E-state index in [0.29, 0.717) is 0 Å². The van der Waals surface area contributed by atoms with Crippen molar-refractivity contribution in [2.75, 3.05) is 12.4 Å². The molecule has 19 heavy (non-hydrogen) atoms. The lowest BCUT2D eigenvalue weighted by atomic mass is 10.2. The van der Waals surface area contributed by atoms with Crippen molar-refractivity contribution >= 4 is 17.6 Å². The minimum absolute atomic E-state index is 0.162. The molecule has 104 valence electrons. The number of rotatable bonds is 2. The summed E-state index contributed by atoms with van der Waals surface area (Å²) in [5.74, 6) is -2.07. The summed E-state index contributed by atoms with van der Waals surface area (Å²) in [5, 5.41) is 3.28. The van der Waals surface area contributed by atoms with Crippen LogP contribution in [0.3, 0.4) is 0 Å². The highest BCUT2D eigenvalue weighted by Crippen LogP contribution is 2.25. The SMILES string of the molecule is COc1ccc(C)cc1NC(=O)NC(=O)C(F)(F)F. The number of imide groups is 1. The summed E-state index contributed by atoms with van der Waals surface area (Å²) in [6.07, 6.45) is -5.12. The zero-order valence-electron chi connectivity index (χ0n) is 10.1. The Morgan fingerprint density at radius 1 is 1.26 bits per heavy atom. The molecule has 8 heteroatoms. The standard InChI is InChI=1S/C11H11F3N2O3/c1-6-3-4-8(19-2)7(5-6)15-10(18)16-9(17)11(12,13)14/h3-5H,1-2H3,(H2,15,16,17,18). The number of alkyl halides is 3. The maximum atomic E-state index is 11.9. The summed E-state index contributed by atoms with van der Waals surface area (Å²) in [6, 6.07) is 3.45. The first-order chi connectivity index (χ1) is 8.74. The van der Waals surface area contributed by atoms with E-state index in [9.17, 15) is 22.8 Å². The molecule has 0 unspecified atom stereocenters. The number of ether oxygens (including phenoxy) is 1. The Morgan fingerprint density at radius 3 is 2.42 bits per heavy atom. The lowest BCUT2D eigenvalue weighted by molar-refractivity contribution is -0.172. The maximum absolute atomic E-state index is 11.9. The molecule has 0 bridgehead atoms. The number of hydrogen-bond acceptors (Lipinski definition) is 3. The average molecular weight is 276 g/mol. The topological polar surface area (TPSA) is 67.4 Å². The number of anilines is 1. The fraction of sp³-hybridized carbons (Fsp3) is 0.273. The molecule has 3 amide bonds. The smallest absolute Gasteiger partial charge is 0.471 e. The first-order valence-corrected chi connectivity index (χ1v) is 5.08. The Labute approximate surface area is 106 Å². The Hall–Kier alpha value is -2.25. The van der Waals surface area contributed by atoms with Crippen molar-refractivity contribution in [1.82, 2.24) is 5.32 Å². The van der Waals surface area contributed by atoms with Crippen LogP contribution in [0, 0.1) is 6.92 Å². The highest BCUT2D eigenvalue weighted by Gasteiger charge is 2.39. The number of aryl methyl sites for hydroxylation is 1. The van der Waals surface area contributed by atoms with Crippen LogP contribution in [-0.2, 0) is 4.79 Å². The maximum Gasteiger partial charge on any atom is 0.471 e. The van der Waals surface area contributed by atoms with E-state index in [-0.39, 0.29) is 11.4 Å². The van der Waals surface area contributed by atoms with Gasteiger partial charge in [0.15, 0.2) is 0 Å². The Morgan fingerprint density at radius 2 is 1.89 bits per heavy atom. The van der Waals surface area contributed by atoms with Crippen molar-refractivity contribution in [3.63, 3.8) is 0 Å². The number of methoxy groups -OCH3 is 1. The first-order valence-electron chi connectivity index (χ1n) is 5.08. The number of amides is 3. The zero-order chi connectivity index (χ0) is 14.6. The highest BCUT2D eigenvalue weighted by atomic mass is 19.4. The van der Waals surface area contributed by atoms with E-state index < -0.39 is 18.1 Å². The predicted octanol–water partition coefficient (Wildman–Crippen LogP) is 2.21. The van der Waals surface area contributed by atoms with Gasteiger partial charge >= 0.3 is 18.1 Å². The lowest BCUT2D eigenvalue weighted by Gasteiger charge is -2.12. The Bertz CT molecular complexity index is 500. The third-order valence-electron chi connectivity index (χ3n) is 2.09. The van der Waals surface area contributed by atoms with Crippen molar-refractivity contribution in [3.8, 4) is 5.75 Å². The number of halogens is 3. The van der Waals surface area contributed by atoms with E-state index in [1.807, 2.05) is 0 Å². The van der Waals surface area contributed by atoms with Crippen LogP contribution in [0.1, 0.15) is 5.56 Å². The van der Waals surface area contributed by atoms with Gasteiger partial charge in [0.25, 0.3) is 0 Å². The molecule has 0 saturated carbocycles. The second-order valence-corrected chi connectivity index (χ2v) is 3.61. The van der Waals surface area contributed by atoms with E-state index >= 15 is 0 Å². The second-order valence-electron chi connectivity index (χ2n) is 3.61. The monoisotopic (exact) mass is 276 g/mol. The van der Waals surface area contributed by atoms with Gasteiger partial charge in [-0.05, 0) is 24.6 Å². The molecule has 0 aliphatic rings. The molecule has 0 fully saturated rings. The molecule has 0 atom stereocenters. The normalized spacial score (nSPS) is 10.8. The van der Waals surface area contributed by atoms with Gasteiger partial charge in [0.1, 0.15) is 5.75 Å². The van der Waals surface area contributed by atoms with Crippen LogP contribution in [0.2, 0.25) is 0 Å². The van der Waals surface area contributed by atoms with Crippen molar-refractivity contribution in [2.24, 2.45) is 0 Å². The summed E-state index contributed by atoms with van der Waals surface area (Å²) in [6.45, 7) is 1.73. The molecule has 5 nitrogen and oxygen atoms in total. The molecule has 0 aromatic heterocycles. The predicted molar refractivity (Wildman–Crippen MR) is 60.9 cm³/mol. The molecule has 1 rings (SSSR count). The molecule has 0 saturated heterocycles. The molecule has 1 aromatic rings. The van der Waals surface area contributed by atoms with Crippen molar-refractivity contribution in [2.45, 2.75) is 13.1 Å². The third kappa shape index (κ3) is 4.16. The molecule has 1 aromatic carbocycles. The molecule has 2 N–H and O–H groups in total. The van der Waals surface area contributed by atoms with Crippen molar-refractivity contribution < 1.29 is 27.5 Å². The third-order valence-corrected chi connectivity index (χ3v) is 2.09. The van der Waals surface area contributed by atoms with Gasteiger partial charge < -0.3 is 10.1 Å². The number of carbonyl (C=O) groups is 2. The average Bonchev–Trinajstić information content (AvgIpc) is 2.27. The fourth-order valence-electron chi connectivity index (χ4n) is 1.25. The van der Waals surface area contributed by atoms with Gasteiger partial charge in [-0.3, -0.25) is 10.1 Å². The van der Waals surface area contributed by atoms with Crippen LogP contribution < -0.4 is 15.4 Å². The largest absolute Gasteiger partial charge is 0.495 e. The minimum Gasteiger partial charge on any atom is -0.495 e. The van der Waals surface area contributed by atoms with Crippen LogP contribution in [0.5, 0.6) is 5.75 Å². The van der Waals surface area contributed by atoms with Gasteiger partial charge in [-0.15, -0.1) is 0 Å².